The van der Waals surface area contributed by atoms with E-state index < -0.39 is 0 Å². The van der Waals surface area contributed by atoms with E-state index in [2.05, 4.69) is 0 Å². The van der Waals surface area contributed by atoms with Crippen molar-refractivity contribution in [1.82, 2.24) is 0 Å². The summed E-state index contributed by atoms with van der Waals surface area (Å²) in [6.07, 6.45) is 0. The first kappa shape index (κ1) is 9.50. The van der Waals surface area contributed by atoms with Crippen LogP contribution in [0.2, 0.25) is 0 Å². The monoisotopic (exact) mass is 286 g/mol. The van der Waals surface area contributed by atoms with Gasteiger partial charge in [0.25, 0.3) is 0 Å². The molecular weight excluding hydrogens is 283 g/mol. The first-order valence-corrected chi connectivity index (χ1v) is 3.85. The molecule has 1 aromatic carbocycles. The van der Waals surface area contributed by atoms with Crippen LogP contribution in [0.1, 0.15) is 0 Å². The zero-order valence-corrected chi connectivity index (χ0v) is 9.90. The van der Waals surface area contributed by atoms with Crippen molar-refractivity contribution in [2.24, 2.45) is 0 Å². The van der Waals surface area contributed by atoms with Crippen LogP contribution < -0.4 is 28.1 Å². The van der Waals surface area contributed by atoms with E-state index in [4.69, 9.17) is 0 Å². The number of hydrogen-bond donors (Lipinski definition) is 0. The Balaban J connectivity index is 0.000000640. The minimum Gasteiger partial charge on any atom is -1.00 e. The molecule has 0 aliphatic rings. The van der Waals surface area contributed by atoms with Gasteiger partial charge in [0.15, 0.2) is 0 Å². The van der Waals surface area contributed by atoms with Gasteiger partial charge in [0, 0.05) is 0 Å². The van der Waals surface area contributed by atoms with Crippen LogP contribution in [0.3, 0.4) is 0 Å². The average Bonchev–Trinajstić information content (AvgIpc) is 1.64. The zero-order valence-electron chi connectivity index (χ0n) is 4.77. The second-order valence-corrected chi connectivity index (χ2v) is 3.34. The van der Waals surface area contributed by atoms with Crippen LogP contribution in [0.25, 0.3) is 0 Å². The van der Waals surface area contributed by atoms with E-state index in [0.717, 1.165) is 22.5 Å². The van der Waals surface area contributed by atoms with Gasteiger partial charge >= 0.3 is 56.9 Å². The van der Waals surface area contributed by atoms with Crippen molar-refractivity contribution >= 4 is 4.16 Å². The van der Waals surface area contributed by atoms with Gasteiger partial charge in [-0.2, -0.15) is 0 Å². The molecule has 0 fully saturated rings. The molecule has 0 aliphatic heterocycles. The van der Waals surface area contributed by atoms with Crippen molar-refractivity contribution in [3.63, 3.8) is 0 Å². The number of rotatable bonds is 0. The first-order valence-electron chi connectivity index (χ1n) is 2.36. The molecule has 0 aromatic heterocycles. The van der Waals surface area contributed by atoms with Crippen LogP contribution >= 0.6 is 0 Å². The Bertz CT molecular complexity index is 173. The Labute approximate surface area is 80.5 Å². The number of halogens is 2. The molecule has 0 saturated heterocycles. The molecule has 0 bridgehead atoms. The molecule has 3 heteroatoms. The van der Waals surface area contributed by atoms with Gasteiger partial charge in [-0.1, -0.05) is 0 Å². The molecule has 0 unspecified atom stereocenters. The summed E-state index contributed by atoms with van der Waals surface area (Å²) in [5.41, 5.74) is 0. The van der Waals surface area contributed by atoms with Crippen LogP contribution in [-0.2, 0) is 18.3 Å². The summed E-state index contributed by atoms with van der Waals surface area (Å²) in [5.74, 6) is -0.131. The molecule has 44 valence electrons. The number of hydrogen-bond acceptors (Lipinski definition) is 0. The van der Waals surface area contributed by atoms with E-state index in [1.807, 2.05) is 6.07 Å². The van der Waals surface area contributed by atoms with Crippen LogP contribution in [0, 0.1) is 5.82 Å². The molecule has 1 rings (SSSR count). The normalized spacial score (nSPS) is 8.33. The summed E-state index contributed by atoms with van der Waals surface area (Å²) < 4.78 is 13.3. The SMILES string of the molecule is Fc1ccc[c]([Zn+])c1.[I-]. The minimum absolute atomic E-state index is 0. The molecule has 9 heavy (non-hydrogen) atoms. The van der Waals surface area contributed by atoms with E-state index in [9.17, 15) is 4.39 Å². The standard InChI is InChI=1S/C6H4F.HI.Zn/c7-6-4-2-1-3-5-6;;/h1-2,4-5H;1H;/q;;+1/p-1. The summed E-state index contributed by atoms with van der Waals surface area (Å²) in [7, 11) is 0. The van der Waals surface area contributed by atoms with E-state index >= 15 is 0 Å². The van der Waals surface area contributed by atoms with Crippen LogP contribution in [0.15, 0.2) is 24.3 Å². The molecule has 0 atom stereocenters. The fraction of sp³-hybridized carbons (Fsp3) is 0. The van der Waals surface area contributed by atoms with Crippen molar-refractivity contribution in [3.05, 3.63) is 30.1 Å². The van der Waals surface area contributed by atoms with Gasteiger partial charge in [-0.15, -0.1) is 0 Å². The molecule has 0 spiro atoms. The van der Waals surface area contributed by atoms with Gasteiger partial charge in [-0.3, -0.25) is 0 Å². The minimum atomic E-state index is -0.131. The van der Waals surface area contributed by atoms with Crippen molar-refractivity contribution in [3.8, 4) is 0 Å². The Morgan fingerprint density at radius 1 is 1.33 bits per heavy atom. The van der Waals surface area contributed by atoms with Gasteiger partial charge in [-0.05, 0) is 0 Å². The second-order valence-electron chi connectivity index (χ2n) is 1.63. The first-order chi connectivity index (χ1) is 3.79. The Morgan fingerprint density at radius 3 is 2.33 bits per heavy atom. The Hall–Kier alpha value is 0.503. The molecule has 1 aromatic rings. The Kier molecular flexibility index (Phi) is 4.58. The molecular formula is C6H4FIZn. The molecule has 0 amide bonds. The van der Waals surface area contributed by atoms with Crippen LogP contribution in [0.5, 0.6) is 0 Å². The predicted octanol–water partition coefficient (Wildman–Crippen LogP) is -2.00. The van der Waals surface area contributed by atoms with Crippen molar-refractivity contribution in [1.29, 1.82) is 0 Å². The fourth-order valence-electron chi connectivity index (χ4n) is 0.537. The number of benzene rings is 1. The van der Waals surface area contributed by atoms with Crippen LogP contribution in [0.4, 0.5) is 4.39 Å². The smallest absolute Gasteiger partial charge is 1.00 e. The van der Waals surface area contributed by atoms with E-state index in [1.54, 1.807) is 12.1 Å². The topological polar surface area (TPSA) is 0 Å². The maximum atomic E-state index is 12.2. The molecule has 0 nitrogen and oxygen atoms in total. The molecule has 0 aliphatic carbocycles. The van der Waals surface area contributed by atoms with Crippen LogP contribution in [-0.4, -0.2) is 0 Å². The third-order valence-corrected chi connectivity index (χ3v) is 1.81. The van der Waals surface area contributed by atoms with Gasteiger partial charge < -0.3 is 24.0 Å². The maximum absolute atomic E-state index is 12.2. The van der Waals surface area contributed by atoms with Gasteiger partial charge in [0.05, 0.1) is 0 Å². The van der Waals surface area contributed by atoms with Crippen molar-refractivity contribution in [2.75, 3.05) is 0 Å². The summed E-state index contributed by atoms with van der Waals surface area (Å²) in [5, 5.41) is 0. The van der Waals surface area contributed by atoms with Gasteiger partial charge in [0.1, 0.15) is 0 Å². The maximum Gasteiger partial charge on any atom is -1.00 e. The third kappa shape index (κ3) is 3.26. The van der Waals surface area contributed by atoms with E-state index in [0.29, 0.717) is 0 Å². The molecule has 0 saturated carbocycles. The van der Waals surface area contributed by atoms with E-state index in [1.165, 1.54) is 6.07 Å². The summed E-state index contributed by atoms with van der Waals surface area (Å²) in [6.45, 7) is 0. The summed E-state index contributed by atoms with van der Waals surface area (Å²) >= 11 is 1.03. The van der Waals surface area contributed by atoms with Gasteiger partial charge in [0.2, 0.25) is 0 Å². The van der Waals surface area contributed by atoms with Crippen molar-refractivity contribution in [2.45, 2.75) is 0 Å². The van der Waals surface area contributed by atoms with Crippen molar-refractivity contribution < 1.29 is 46.7 Å². The van der Waals surface area contributed by atoms with Gasteiger partial charge in [-0.25, -0.2) is 0 Å². The largest absolute Gasteiger partial charge is 1.00 e. The zero-order chi connectivity index (χ0) is 5.98. The Morgan fingerprint density at radius 2 is 2.00 bits per heavy atom. The second kappa shape index (κ2) is 4.34. The molecule has 0 radical (unpaired) electrons. The summed E-state index contributed by atoms with van der Waals surface area (Å²) in [6, 6.07) is 6.66. The fourth-order valence-corrected chi connectivity index (χ4v) is 1.23. The summed E-state index contributed by atoms with van der Waals surface area (Å²) in [4.78, 5) is 0. The average molecular weight is 287 g/mol. The molecule has 0 N–H and O–H groups in total. The van der Waals surface area contributed by atoms with E-state index in [-0.39, 0.29) is 29.8 Å². The third-order valence-electron chi connectivity index (χ3n) is 0.889. The molecule has 0 heterocycles. The quantitative estimate of drug-likeness (QED) is 0.383. The predicted molar refractivity (Wildman–Crippen MR) is 26.0 cm³/mol.